The maximum absolute atomic E-state index is 2.37. The van der Waals surface area contributed by atoms with E-state index in [1.165, 1.54) is 76.8 Å². The molecule has 0 aromatic heterocycles. The Hall–Kier alpha value is -7.22. The molecule has 0 bridgehead atoms. The van der Waals surface area contributed by atoms with Gasteiger partial charge in [-0.15, -0.1) is 0 Å². The van der Waals surface area contributed by atoms with Crippen LogP contribution in [0.3, 0.4) is 0 Å². The van der Waals surface area contributed by atoms with Gasteiger partial charge >= 0.3 is 0 Å². The maximum Gasteiger partial charge on any atom is 0.0467 e. The van der Waals surface area contributed by atoms with Crippen molar-refractivity contribution in [2.24, 2.45) is 0 Å². The largest absolute Gasteiger partial charge is 0.310 e. The SMILES string of the molecule is c1ccc(-c2ccc(N(c3ccc(-c4ccccc4)cc3)c3cccc(-c4cccc5cccc(-c6cc7ccccc7c7ccccc67)c45)c3)cc2)cc1. The molecule has 258 valence electrons. The van der Waals surface area contributed by atoms with E-state index in [1.807, 2.05) is 0 Å². The van der Waals surface area contributed by atoms with E-state index in [9.17, 15) is 0 Å². The Morgan fingerprint density at radius 2 is 0.709 bits per heavy atom. The van der Waals surface area contributed by atoms with Crippen molar-refractivity contribution in [3.63, 3.8) is 0 Å². The molecule has 1 heteroatoms. The van der Waals surface area contributed by atoms with Gasteiger partial charge in [0.2, 0.25) is 0 Å². The summed E-state index contributed by atoms with van der Waals surface area (Å²) in [6, 6.07) is 81.4. The smallest absolute Gasteiger partial charge is 0.0467 e. The predicted molar refractivity (Wildman–Crippen MR) is 235 cm³/mol. The molecule has 0 aliphatic heterocycles. The highest BCUT2D eigenvalue weighted by Gasteiger charge is 2.17. The van der Waals surface area contributed by atoms with Gasteiger partial charge in [0.1, 0.15) is 0 Å². The Kier molecular flexibility index (Phi) is 8.24. The van der Waals surface area contributed by atoms with Gasteiger partial charge in [-0.1, -0.05) is 182 Å². The maximum atomic E-state index is 2.37. The molecule has 10 aromatic carbocycles. The van der Waals surface area contributed by atoms with Crippen molar-refractivity contribution >= 4 is 49.4 Å². The van der Waals surface area contributed by atoms with Crippen LogP contribution >= 0.6 is 0 Å². The number of fused-ring (bicyclic) bond motifs is 4. The summed E-state index contributed by atoms with van der Waals surface area (Å²) >= 11 is 0. The van der Waals surface area contributed by atoms with Crippen LogP contribution in [0.15, 0.2) is 224 Å². The van der Waals surface area contributed by atoms with Crippen LogP contribution in [-0.2, 0) is 0 Å². The van der Waals surface area contributed by atoms with E-state index >= 15 is 0 Å². The molecular weight excluding hydrogens is 663 g/mol. The van der Waals surface area contributed by atoms with Gasteiger partial charge in [0.05, 0.1) is 0 Å². The summed E-state index contributed by atoms with van der Waals surface area (Å²) in [6.07, 6.45) is 0. The number of hydrogen-bond donors (Lipinski definition) is 0. The second-order valence-corrected chi connectivity index (χ2v) is 14.1. The van der Waals surface area contributed by atoms with Crippen LogP contribution in [0.2, 0.25) is 0 Å². The van der Waals surface area contributed by atoms with Crippen molar-refractivity contribution in [2.45, 2.75) is 0 Å². The Morgan fingerprint density at radius 3 is 1.35 bits per heavy atom. The summed E-state index contributed by atoms with van der Waals surface area (Å²) in [5.41, 5.74) is 13.0. The number of rotatable bonds is 7. The number of nitrogens with zero attached hydrogens (tertiary/aromatic N) is 1. The quantitative estimate of drug-likeness (QED) is 0.150. The molecule has 0 heterocycles. The molecule has 0 saturated carbocycles. The van der Waals surface area contributed by atoms with Gasteiger partial charge in [-0.05, 0) is 119 Å². The zero-order valence-electron chi connectivity index (χ0n) is 30.3. The topological polar surface area (TPSA) is 3.24 Å². The molecule has 0 spiro atoms. The molecule has 0 unspecified atom stereocenters. The van der Waals surface area contributed by atoms with Gasteiger partial charge in [0, 0.05) is 17.1 Å². The van der Waals surface area contributed by atoms with Crippen LogP contribution in [0, 0.1) is 0 Å². The molecule has 0 N–H and O–H groups in total. The molecular formula is C54H37N. The van der Waals surface area contributed by atoms with Gasteiger partial charge in [-0.3, -0.25) is 0 Å². The molecule has 0 atom stereocenters. The number of benzene rings is 10. The van der Waals surface area contributed by atoms with E-state index in [1.54, 1.807) is 0 Å². The minimum absolute atomic E-state index is 1.10. The van der Waals surface area contributed by atoms with Gasteiger partial charge in [0.15, 0.2) is 0 Å². The fraction of sp³-hybridized carbons (Fsp3) is 0. The zero-order valence-corrected chi connectivity index (χ0v) is 30.3. The van der Waals surface area contributed by atoms with Crippen molar-refractivity contribution in [1.29, 1.82) is 0 Å². The summed E-state index contributed by atoms with van der Waals surface area (Å²) in [5, 5.41) is 7.56. The standard InChI is InChI=1S/C54H37N/c1-3-14-38(15-4-1)40-28-32-45(33-29-40)55(46-34-30-41(31-35-46)39-16-5-2-6-17-39)47-22-11-21-43(36-47)49-26-12-19-42-20-13-27-52(54(42)49)53-37-44-18-7-8-23-48(44)50-24-9-10-25-51(50)53/h1-37H. The number of hydrogen-bond acceptors (Lipinski definition) is 1. The normalized spacial score (nSPS) is 11.3. The van der Waals surface area contributed by atoms with Crippen molar-refractivity contribution in [1.82, 2.24) is 0 Å². The molecule has 1 nitrogen and oxygen atoms in total. The zero-order chi connectivity index (χ0) is 36.6. The van der Waals surface area contributed by atoms with E-state index in [2.05, 4.69) is 229 Å². The summed E-state index contributed by atoms with van der Waals surface area (Å²) in [6.45, 7) is 0. The lowest BCUT2D eigenvalue weighted by Crippen LogP contribution is -2.10. The second-order valence-electron chi connectivity index (χ2n) is 14.1. The average molecular weight is 700 g/mol. The van der Waals surface area contributed by atoms with E-state index in [0.29, 0.717) is 0 Å². The molecule has 0 aliphatic carbocycles. The van der Waals surface area contributed by atoms with E-state index in [4.69, 9.17) is 0 Å². The first-order valence-corrected chi connectivity index (χ1v) is 18.9. The van der Waals surface area contributed by atoms with Crippen LogP contribution in [0.4, 0.5) is 17.1 Å². The first-order chi connectivity index (χ1) is 27.3. The fourth-order valence-corrected chi connectivity index (χ4v) is 8.21. The Labute approximate surface area is 322 Å². The first-order valence-electron chi connectivity index (χ1n) is 18.9. The first kappa shape index (κ1) is 32.4. The lowest BCUT2D eigenvalue weighted by Gasteiger charge is -2.26. The molecule has 0 aliphatic rings. The van der Waals surface area contributed by atoms with E-state index < -0.39 is 0 Å². The van der Waals surface area contributed by atoms with Crippen molar-refractivity contribution in [2.75, 3.05) is 4.90 Å². The summed E-state index contributed by atoms with van der Waals surface area (Å²) in [7, 11) is 0. The van der Waals surface area contributed by atoms with Crippen LogP contribution < -0.4 is 4.90 Å². The highest BCUT2D eigenvalue weighted by molar-refractivity contribution is 6.18. The van der Waals surface area contributed by atoms with Crippen LogP contribution in [0.1, 0.15) is 0 Å². The molecule has 0 saturated heterocycles. The van der Waals surface area contributed by atoms with Crippen molar-refractivity contribution in [3.8, 4) is 44.5 Å². The second kappa shape index (κ2) is 14.0. The van der Waals surface area contributed by atoms with Gasteiger partial charge < -0.3 is 4.90 Å². The van der Waals surface area contributed by atoms with Crippen molar-refractivity contribution < 1.29 is 0 Å². The Bertz CT molecular complexity index is 2860. The van der Waals surface area contributed by atoms with E-state index in [-0.39, 0.29) is 0 Å². The molecule has 0 radical (unpaired) electrons. The lowest BCUT2D eigenvalue weighted by atomic mass is 9.88. The lowest BCUT2D eigenvalue weighted by molar-refractivity contribution is 1.28. The summed E-state index contributed by atoms with van der Waals surface area (Å²) < 4.78 is 0. The third kappa shape index (κ3) is 6.02. The van der Waals surface area contributed by atoms with Gasteiger partial charge in [-0.25, -0.2) is 0 Å². The van der Waals surface area contributed by atoms with Gasteiger partial charge in [0.25, 0.3) is 0 Å². The third-order valence-corrected chi connectivity index (χ3v) is 10.8. The van der Waals surface area contributed by atoms with Crippen LogP contribution in [-0.4, -0.2) is 0 Å². The van der Waals surface area contributed by atoms with Crippen molar-refractivity contribution in [3.05, 3.63) is 224 Å². The molecule has 10 rings (SSSR count). The van der Waals surface area contributed by atoms with E-state index in [0.717, 1.165) is 17.1 Å². The molecule has 10 aromatic rings. The molecule has 0 amide bonds. The van der Waals surface area contributed by atoms with Crippen LogP contribution in [0.25, 0.3) is 76.8 Å². The predicted octanol–water partition coefficient (Wildman–Crippen LogP) is 15.3. The Morgan fingerprint density at radius 1 is 0.236 bits per heavy atom. The number of anilines is 3. The monoisotopic (exact) mass is 699 g/mol. The highest BCUT2D eigenvalue weighted by Crippen LogP contribution is 2.43. The average Bonchev–Trinajstić information content (AvgIpc) is 3.27. The Balaban J connectivity index is 1.13. The third-order valence-electron chi connectivity index (χ3n) is 10.8. The van der Waals surface area contributed by atoms with Gasteiger partial charge in [-0.2, -0.15) is 0 Å². The van der Waals surface area contributed by atoms with Crippen LogP contribution in [0.5, 0.6) is 0 Å². The summed E-state index contributed by atoms with van der Waals surface area (Å²) in [4.78, 5) is 2.37. The fourth-order valence-electron chi connectivity index (χ4n) is 8.21. The summed E-state index contributed by atoms with van der Waals surface area (Å²) in [5.74, 6) is 0. The molecule has 55 heavy (non-hydrogen) atoms. The minimum Gasteiger partial charge on any atom is -0.310 e. The minimum atomic E-state index is 1.10. The highest BCUT2D eigenvalue weighted by atomic mass is 15.1. The molecule has 0 fully saturated rings.